The largest absolute Gasteiger partial charge is 0.314 e. The lowest BCUT2D eigenvalue weighted by Crippen LogP contribution is -2.28. The van der Waals surface area contributed by atoms with E-state index in [0.717, 1.165) is 25.8 Å². The van der Waals surface area contributed by atoms with E-state index in [0.29, 0.717) is 16.6 Å². The molecule has 0 radical (unpaired) electrons. The van der Waals surface area contributed by atoms with Gasteiger partial charge in [-0.2, -0.15) is 0 Å². The molecule has 0 bridgehead atoms. The first kappa shape index (κ1) is 14.8. The molecule has 0 aliphatic heterocycles. The van der Waals surface area contributed by atoms with Crippen LogP contribution in [0.25, 0.3) is 0 Å². The Morgan fingerprint density at radius 2 is 2.05 bits per heavy atom. The Labute approximate surface area is 120 Å². The van der Waals surface area contributed by atoms with E-state index < -0.39 is 9.84 Å². The lowest BCUT2D eigenvalue weighted by molar-refractivity contribution is 0.537. The molecule has 1 aliphatic carbocycles. The van der Waals surface area contributed by atoms with E-state index in [1.165, 1.54) is 0 Å². The molecule has 0 heterocycles. The summed E-state index contributed by atoms with van der Waals surface area (Å²) in [4.78, 5) is 0. The van der Waals surface area contributed by atoms with Crippen molar-refractivity contribution in [1.29, 1.82) is 0 Å². The maximum Gasteiger partial charge on any atom is 0.157 e. The van der Waals surface area contributed by atoms with Crippen molar-refractivity contribution in [2.75, 3.05) is 6.54 Å². The molecule has 1 aromatic rings. The zero-order valence-corrected chi connectivity index (χ0v) is 12.7. The summed E-state index contributed by atoms with van der Waals surface area (Å²) in [5.41, 5.74) is 0.705. The highest BCUT2D eigenvalue weighted by Crippen LogP contribution is 2.29. The van der Waals surface area contributed by atoms with Gasteiger partial charge in [-0.15, -0.1) is 0 Å². The molecule has 1 fully saturated rings. The molecule has 0 amide bonds. The Morgan fingerprint density at radius 3 is 2.74 bits per heavy atom. The summed E-state index contributed by atoms with van der Waals surface area (Å²) in [6, 6.07) is 7.51. The Bertz CT molecular complexity index is 530. The van der Waals surface area contributed by atoms with Crippen molar-refractivity contribution in [2.45, 2.75) is 43.2 Å². The summed E-state index contributed by atoms with van der Waals surface area (Å²) in [5, 5.41) is 3.64. The first-order valence-corrected chi connectivity index (χ1v) is 8.80. The van der Waals surface area contributed by atoms with E-state index in [2.05, 4.69) is 5.32 Å². The van der Waals surface area contributed by atoms with Crippen molar-refractivity contribution < 1.29 is 8.42 Å². The van der Waals surface area contributed by atoms with Crippen LogP contribution < -0.4 is 5.32 Å². The monoisotopic (exact) mass is 301 g/mol. The summed E-state index contributed by atoms with van der Waals surface area (Å²) >= 11 is 6.04. The third kappa shape index (κ3) is 3.71. The van der Waals surface area contributed by atoms with Crippen molar-refractivity contribution in [3.05, 3.63) is 34.9 Å². The van der Waals surface area contributed by atoms with E-state index >= 15 is 0 Å². The zero-order valence-electron chi connectivity index (χ0n) is 11.1. The minimum atomic E-state index is -3.11. The van der Waals surface area contributed by atoms with Gasteiger partial charge in [0.15, 0.2) is 9.84 Å². The molecule has 1 N–H and O–H groups in total. The van der Waals surface area contributed by atoms with Gasteiger partial charge < -0.3 is 5.32 Å². The average molecular weight is 302 g/mol. The van der Waals surface area contributed by atoms with Gasteiger partial charge >= 0.3 is 0 Å². The highest BCUT2D eigenvalue weighted by atomic mass is 35.5. The van der Waals surface area contributed by atoms with Crippen LogP contribution in [0, 0.1) is 0 Å². The van der Waals surface area contributed by atoms with Gasteiger partial charge in [0.25, 0.3) is 0 Å². The molecule has 2 atom stereocenters. The predicted octanol–water partition coefficient (Wildman–Crippen LogP) is 2.79. The van der Waals surface area contributed by atoms with Crippen LogP contribution in [0.15, 0.2) is 24.3 Å². The minimum absolute atomic E-state index is 0.0518. The number of rotatable bonds is 5. The molecule has 0 spiro atoms. The van der Waals surface area contributed by atoms with Crippen molar-refractivity contribution in [3.8, 4) is 0 Å². The van der Waals surface area contributed by atoms with Gasteiger partial charge in [-0.05, 0) is 37.4 Å². The second kappa shape index (κ2) is 6.25. The molecule has 1 aliphatic rings. The molecule has 1 aromatic carbocycles. The Kier molecular flexibility index (Phi) is 4.87. The average Bonchev–Trinajstić information content (AvgIpc) is 2.82. The Balaban J connectivity index is 2.06. The zero-order chi connectivity index (χ0) is 13.9. The molecule has 2 unspecified atom stereocenters. The number of sulfone groups is 1. The van der Waals surface area contributed by atoms with Crippen LogP contribution >= 0.6 is 11.6 Å². The van der Waals surface area contributed by atoms with E-state index in [1.54, 1.807) is 12.1 Å². The molecule has 5 heteroatoms. The molecule has 106 valence electrons. The minimum Gasteiger partial charge on any atom is -0.314 e. The van der Waals surface area contributed by atoms with Crippen LogP contribution in [0.2, 0.25) is 5.02 Å². The molecular weight excluding hydrogens is 282 g/mol. The summed E-state index contributed by atoms with van der Waals surface area (Å²) in [6.07, 6.45) is 2.42. The van der Waals surface area contributed by atoms with Crippen LogP contribution in [0.5, 0.6) is 0 Å². The van der Waals surface area contributed by atoms with Crippen LogP contribution in [-0.4, -0.2) is 26.3 Å². The van der Waals surface area contributed by atoms with Gasteiger partial charge in [-0.3, -0.25) is 0 Å². The first-order chi connectivity index (χ1) is 9.03. The van der Waals surface area contributed by atoms with E-state index in [4.69, 9.17) is 11.6 Å². The van der Waals surface area contributed by atoms with Gasteiger partial charge in [0.1, 0.15) is 0 Å². The third-order valence-corrected chi connectivity index (χ3v) is 6.23. The molecule has 19 heavy (non-hydrogen) atoms. The number of hydrogen-bond donors (Lipinski definition) is 1. The van der Waals surface area contributed by atoms with Gasteiger partial charge in [0.2, 0.25) is 0 Å². The number of benzene rings is 1. The molecule has 0 aromatic heterocycles. The second-order valence-electron chi connectivity index (χ2n) is 5.09. The topological polar surface area (TPSA) is 46.2 Å². The maximum absolute atomic E-state index is 12.4. The molecular formula is C14H20ClNO2S. The number of halogens is 1. The highest BCUT2D eigenvalue weighted by molar-refractivity contribution is 7.91. The summed E-state index contributed by atoms with van der Waals surface area (Å²) in [7, 11) is -3.11. The van der Waals surface area contributed by atoms with Crippen LogP contribution in [0.3, 0.4) is 0 Å². The van der Waals surface area contributed by atoms with Gasteiger partial charge in [0, 0.05) is 11.1 Å². The van der Waals surface area contributed by atoms with Gasteiger partial charge in [-0.25, -0.2) is 8.42 Å². The number of hydrogen-bond acceptors (Lipinski definition) is 3. The lowest BCUT2D eigenvalue weighted by atomic mass is 10.2. The van der Waals surface area contributed by atoms with Crippen molar-refractivity contribution in [3.63, 3.8) is 0 Å². The predicted molar refractivity (Wildman–Crippen MR) is 79.2 cm³/mol. The normalized spacial score (nSPS) is 23.7. The highest BCUT2D eigenvalue weighted by Gasteiger charge is 2.34. The maximum atomic E-state index is 12.4. The first-order valence-electron chi connectivity index (χ1n) is 6.71. The Hall–Kier alpha value is -0.580. The fourth-order valence-electron chi connectivity index (χ4n) is 2.69. The van der Waals surface area contributed by atoms with E-state index in [9.17, 15) is 8.42 Å². The van der Waals surface area contributed by atoms with Crippen LogP contribution in [0.4, 0.5) is 0 Å². The molecule has 0 saturated heterocycles. The molecule has 1 saturated carbocycles. The third-order valence-electron chi connectivity index (χ3n) is 3.70. The van der Waals surface area contributed by atoms with E-state index in [1.807, 2.05) is 19.1 Å². The van der Waals surface area contributed by atoms with Gasteiger partial charge in [-0.1, -0.05) is 36.7 Å². The van der Waals surface area contributed by atoms with Crippen LogP contribution in [0.1, 0.15) is 31.7 Å². The fourth-order valence-corrected chi connectivity index (χ4v) is 4.91. The summed E-state index contributed by atoms with van der Waals surface area (Å²) in [6.45, 7) is 2.94. The van der Waals surface area contributed by atoms with Gasteiger partial charge in [0.05, 0.1) is 11.0 Å². The van der Waals surface area contributed by atoms with Crippen LogP contribution in [-0.2, 0) is 15.6 Å². The molecule has 3 nitrogen and oxygen atoms in total. The lowest BCUT2D eigenvalue weighted by Gasteiger charge is -2.13. The Morgan fingerprint density at radius 1 is 1.32 bits per heavy atom. The van der Waals surface area contributed by atoms with Crippen molar-refractivity contribution in [2.24, 2.45) is 0 Å². The smallest absolute Gasteiger partial charge is 0.157 e. The standard InChI is InChI=1S/C14H20ClNO2S/c1-2-16-12-7-8-13(9-12)19(17,18)10-11-5-3-4-6-14(11)15/h3-6,12-13,16H,2,7-10H2,1H3. The summed E-state index contributed by atoms with van der Waals surface area (Å²) < 4.78 is 24.8. The SMILES string of the molecule is CCNC1CCC(S(=O)(=O)Cc2ccccc2Cl)C1. The quantitative estimate of drug-likeness (QED) is 0.909. The fraction of sp³-hybridized carbons (Fsp3) is 0.571. The number of nitrogens with one attached hydrogen (secondary N) is 1. The van der Waals surface area contributed by atoms with E-state index in [-0.39, 0.29) is 11.0 Å². The van der Waals surface area contributed by atoms with Crippen molar-refractivity contribution >= 4 is 21.4 Å². The second-order valence-corrected chi connectivity index (χ2v) is 7.78. The van der Waals surface area contributed by atoms with Crippen molar-refractivity contribution in [1.82, 2.24) is 5.32 Å². The summed E-state index contributed by atoms with van der Waals surface area (Å²) in [5.74, 6) is 0.0518. The molecule has 2 rings (SSSR count).